The molecular weight excluding hydrogens is 244 g/mol. The van der Waals surface area contributed by atoms with Gasteiger partial charge in [0.15, 0.2) is 0 Å². The van der Waals surface area contributed by atoms with Crippen molar-refractivity contribution >= 4 is 0 Å². The molecule has 1 nitrogen and oxygen atoms in total. The van der Waals surface area contributed by atoms with Crippen molar-refractivity contribution in [3.63, 3.8) is 0 Å². The third-order valence-electron chi connectivity index (χ3n) is 3.28. The van der Waals surface area contributed by atoms with Gasteiger partial charge in [0.05, 0.1) is 0 Å². The van der Waals surface area contributed by atoms with Gasteiger partial charge in [0.2, 0.25) is 0 Å². The maximum Gasteiger partial charge on any atom is 0.127 e. The van der Waals surface area contributed by atoms with E-state index in [9.17, 15) is 8.78 Å². The van der Waals surface area contributed by atoms with Crippen molar-refractivity contribution in [2.45, 2.75) is 26.4 Å². The summed E-state index contributed by atoms with van der Waals surface area (Å²) in [4.78, 5) is 0. The Bertz CT molecular complexity index is 566. The van der Waals surface area contributed by atoms with Crippen LogP contribution >= 0.6 is 0 Å². The second-order valence-corrected chi connectivity index (χ2v) is 4.69. The molecule has 0 aliphatic rings. The maximum absolute atomic E-state index is 13.6. The molecule has 0 saturated heterocycles. The van der Waals surface area contributed by atoms with Gasteiger partial charge in [-0.15, -0.1) is 0 Å². The van der Waals surface area contributed by atoms with E-state index in [2.05, 4.69) is 5.32 Å². The second-order valence-electron chi connectivity index (χ2n) is 4.69. The van der Waals surface area contributed by atoms with Crippen LogP contribution in [0, 0.1) is 18.6 Å². The van der Waals surface area contributed by atoms with E-state index in [0.717, 1.165) is 11.1 Å². The number of hydrogen-bond donors (Lipinski definition) is 1. The summed E-state index contributed by atoms with van der Waals surface area (Å²) < 4.78 is 26.8. The van der Waals surface area contributed by atoms with Crippen LogP contribution in [-0.2, 0) is 6.54 Å². The first-order valence-corrected chi connectivity index (χ1v) is 6.31. The summed E-state index contributed by atoms with van der Waals surface area (Å²) in [6.07, 6.45) is 0. The fraction of sp³-hybridized carbons (Fsp3) is 0.250. The van der Waals surface area contributed by atoms with Crippen molar-refractivity contribution in [3.05, 3.63) is 70.8 Å². The number of nitrogens with one attached hydrogen (secondary N) is 1. The van der Waals surface area contributed by atoms with E-state index >= 15 is 0 Å². The highest BCUT2D eigenvalue weighted by Gasteiger charge is 2.10. The minimum Gasteiger partial charge on any atom is -0.306 e. The van der Waals surface area contributed by atoms with E-state index in [1.807, 2.05) is 19.9 Å². The maximum atomic E-state index is 13.6. The first-order valence-electron chi connectivity index (χ1n) is 6.31. The van der Waals surface area contributed by atoms with Gasteiger partial charge in [-0.05, 0) is 43.2 Å². The molecule has 0 bridgehead atoms. The fourth-order valence-electron chi connectivity index (χ4n) is 2.03. The number of aryl methyl sites for hydroxylation is 1. The molecule has 0 spiro atoms. The summed E-state index contributed by atoms with van der Waals surface area (Å²) in [5.74, 6) is -0.473. The SMILES string of the molecule is Cc1ccc(F)cc1CNC(C)c1ccccc1F. The third kappa shape index (κ3) is 3.38. The van der Waals surface area contributed by atoms with Gasteiger partial charge in [0, 0.05) is 18.2 Å². The van der Waals surface area contributed by atoms with Crippen LogP contribution < -0.4 is 5.32 Å². The van der Waals surface area contributed by atoms with Crippen molar-refractivity contribution < 1.29 is 8.78 Å². The van der Waals surface area contributed by atoms with Crippen LogP contribution in [0.4, 0.5) is 8.78 Å². The Balaban J connectivity index is 2.06. The number of rotatable bonds is 4. The summed E-state index contributed by atoms with van der Waals surface area (Å²) in [6, 6.07) is 11.3. The Morgan fingerprint density at radius 1 is 1.11 bits per heavy atom. The van der Waals surface area contributed by atoms with Gasteiger partial charge in [-0.1, -0.05) is 24.3 Å². The van der Waals surface area contributed by atoms with Crippen LogP contribution in [0.2, 0.25) is 0 Å². The summed E-state index contributed by atoms with van der Waals surface area (Å²) >= 11 is 0. The van der Waals surface area contributed by atoms with Crippen molar-refractivity contribution in [1.82, 2.24) is 5.32 Å². The average molecular weight is 261 g/mol. The molecule has 0 amide bonds. The van der Waals surface area contributed by atoms with Crippen molar-refractivity contribution in [1.29, 1.82) is 0 Å². The van der Waals surface area contributed by atoms with Crippen LogP contribution in [0.3, 0.4) is 0 Å². The van der Waals surface area contributed by atoms with E-state index in [0.29, 0.717) is 12.1 Å². The van der Waals surface area contributed by atoms with Crippen LogP contribution in [-0.4, -0.2) is 0 Å². The van der Waals surface area contributed by atoms with E-state index in [1.54, 1.807) is 18.2 Å². The molecule has 19 heavy (non-hydrogen) atoms. The zero-order valence-electron chi connectivity index (χ0n) is 11.1. The van der Waals surface area contributed by atoms with Gasteiger partial charge >= 0.3 is 0 Å². The van der Waals surface area contributed by atoms with E-state index < -0.39 is 0 Å². The molecule has 1 N–H and O–H groups in total. The molecule has 1 atom stereocenters. The third-order valence-corrected chi connectivity index (χ3v) is 3.28. The Morgan fingerprint density at radius 2 is 1.84 bits per heavy atom. The summed E-state index contributed by atoms with van der Waals surface area (Å²) in [5, 5.41) is 3.22. The highest BCUT2D eigenvalue weighted by Crippen LogP contribution is 2.17. The predicted octanol–water partition coefficient (Wildman–Crippen LogP) is 4.12. The fourth-order valence-corrected chi connectivity index (χ4v) is 2.03. The first-order chi connectivity index (χ1) is 9.08. The van der Waals surface area contributed by atoms with Crippen molar-refractivity contribution in [2.24, 2.45) is 0 Å². The quantitative estimate of drug-likeness (QED) is 0.872. The molecule has 0 radical (unpaired) electrons. The lowest BCUT2D eigenvalue weighted by Crippen LogP contribution is -2.19. The summed E-state index contributed by atoms with van der Waals surface area (Å²) in [6.45, 7) is 4.34. The van der Waals surface area contributed by atoms with Gasteiger partial charge in [-0.2, -0.15) is 0 Å². The molecule has 0 aliphatic carbocycles. The summed E-state index contributed by atoms with van der Waals surface area (Å²) in [7, 11) is 0. The van der Waals surface area contributed by atoms with Gasteiger partial charge < -0.3 is 5.32 Å². The van der Waals surface area contributed by atoms with Gasteiger partial charge in [0.1, 0.15) is 11.6 Å². The number of halogens is 2. The van der Waals surface area contributed by atoms with E-state index in [-0.39, 0.29) is 17.7 Å². The molecule has 1 unspecified atom stereocenters. The molecule has 2 rings (SSSR count). The van der Waals surface area contributed by atoms with Gasteiger partial charge in [-0.3, -0.25) is 0 Å². The Labute approximate surface area is 112 Å². The molecule has 0 heterocycles. The molecule has 2 aromatic rings. The lowest BCUT2D eigenvalue weighted by molar-refractivity contribution is 0.526. The lowest BCUT2D eigenvalue weighted by atomic mass is 10.1. The topological polar surface area (TPSA) is 12.0 Å². The molecular formula is C16H17F2N. The smallest absolute Gasteiger partial charge is 0.127 e. The molecule has 0 saturated carbocycles. The largest absolute Gasteiger partial charge is 0.306 e. The van der Waals surface area contributed by atoms with Crippen molar-refractivity contribution in [3.8, 4) is 0 Å². The van der Waals surface area contributed by atoms with Gasteiger partial charge in [0.25, 0.3) is 0 Å². The molecule has 100 valence electrons. The average Bonchev–Trinajstić information content (AvgIpc) is 2.40. The standard InChI is InChI=1S/C16H17F2N/c1-11-7-8-14(17)9-13(11)10-19-12(2)15-5-3-4-6-16(15)18/h3-9,12,19H,10H2,1-2H3. The minimum absolute atomic E-state index is 0.121. The molecule has 3 heteroatoms. The zero-order chi connectivity index (χ0) is 13.8. The minimum atomic E-state index is -0.249. The number of hydrogen-bond acceptors (Lipinski definition) is 1. The Kier molecular flexibility index (Phi) is 4.27. The van der Waals surface area contributed by atoms with E-state index in [1.165, 1.54) is 18.2 Å². The zero-order valence-corrected chi connectivity index (χ0v) is 11.1. The van der Waals surface area contributed by atoms with Crippen LogP contribution in [0.5, 0.6) is 0 Å². The summed E-state index contributed by atoms with van der Waals surface area (Å²) in [5.41, 5.74) is 2.54. The highest BCUT2D eigenvalue weighted by atomic mass is 19.1. The first kappa shape index (κ1) is 13.7. The van der Waals surface area contributed by atoms with E-state index in [4.69, 9.17) is 0 Å². The molecule has 2 aromatic carbocycles. The Hall–Kier alpha value is -1.74. The Morgan fingerprint density at radius 3 is 2.58 bits per heavy atom. The second kappa shape index (κ2) is 5.93. The van der Waals surface area contributed by atoms with Crippen LogP contribution in [0.1, 0.15) is 29.7 Å². The van der Waals surface area contributed by atoms with Crippen LogP contribution in [0.15, 0.2) is 42.5 Å². The normalized spacial score (nSPS) is 12.4. The molecule has 0 aliphatic heterocycles. The predicted molar refractivity (Wildman–Crippen MR) is 72.8 cm³/mol. The highest BCUT2D eigenvalue weighted by molar-refractivity contribution is 5.27. The number of benzene rings is 2. The lowest BCUT2D eigenvalue weighted by Gasteiger charge is -2.16. The molecule has 0 fully saturated rings. The van der Waals surface area contributed by atoms with Crippen molar-refractivity contribution in [2.75, 3.05) is 0 Å². The monoisotopic (exact) mass is 261 g/mol. The molecule has 0 aromatic heterocycles. The van der Waals surface area contributed by atoms with Crippen LogP contribution in [0.25, 0.3) is 0 Å². The van der Waals surface area contributed by atoms with Gasteiger partial charge in [-0.25, -0.2) is 8.78 Å².